The molecule has 0 radical (unpaired) electrons. The number of methoxy groups -OCH3 is 1. The fourth-order valence-electron chi connectivity index (χ4n) is 2.56. The fraction of sp³-hybridized carbons (Fsp3) is 0.0526. The Morgan fingerprint density at radius 2 is 1.96 bits per heavy atom. The highest BCUT2D eigenvalue weighted by molar-refractivity contribution is 7.14. The molecule has 0 aliphatic carbocycles. The molecule has 0 bridgehead atoms. The van der Waals surface area contributed by atoms with E-state index in [1.54, 1.807) is 19.2 Å². The number of para-hydroxylation sites is 2. The summed E-state index contributed by atoms with van der Waals surface area (Å²) in [5.74, 6) is 0.533. The summed E-state index contributed by atoms with van der Waals surface area (Å²) in [4.78, 5) is 16.9. The maximum Gasteiger partial charge on any atom is 0.345 e. The molecule has 2 aromatic heterocycles. The van der Waals surface area contributed by atoms with Crippen LogP contribution < -0.4 is 15.7 Å². The molecule has 1 N–H and O–H groups in total. The van der Waals surface area contributed by atoms with E-state index in [2.05, 4.69) is 10.3 Å². The summed E-state index contributed by atoms with van der Waals surface area (Å²) in [5.41, 5.74) is 1.96. The predicted octanol–water partition coefficient (Wildman–Crippen LogP) is 4.67. The van der Waals surface area contributed by atoms with Crippen LogP contribution in [0.5, 0.6) is 5.75 Å². The van der Waals surface area contributed by atoms with Gasteiger partial charge in [0, 0.05) is 16.5 Å². The number of thiazole rings is 1. The first kappa shape index (κ1) is 15.4. The highest BCUT2D eigenvalue weighted by Gasteiger charge is 2.13. The molecule has 0 atom stereocenters. The molecule has 4 aromatic rings. The van der Waals surface area contributed by atoms with Gasteiger partial charge in [0.05, 0.1) is 18.4 Å². The molecule has 0 saturated heterocycles. The van der Waals surface area contributed by atoms with Gasteiger partial charge in [0.1, 0.15) is 0 Å². The molecule has 6 heteroatoms. The number of anilines is 2. The molecule has 5 nitrogen and oxygen atoms in total. The first-order valence-electron chi connectivity index (χ1n) is 7.63. The fourth-order valence-corrected chi connectivity index (χ4v) is 3.29. The molecule has 0 aliphatic heterocycles. The molecule has 2 heterocycles. The number of nitrogens with one attached hydrogen (secondary N) is 1. The van der Waals surface area contributed by atoms with Gasteiger partial charge >= 0.3 is 5.63 Å². The average molecular weight is 350 g/mol. The van der Waals surface area contributed by atoms with E-state index < -0.39 is 5.63 Å². The van der Waals surface area contributed by atoms with Crippen LogP contribution in [0.4, 0.5) is 10.8 Å². The summed E-state index contributed by atoms with van der Waals surface area (Å²) >= 11 is 1.43. The van der Waals surface area contributed by atoms with E-state index in [9.17, 15) is 4.79 Å². The zero-order valence-electron chi connectivity index (χ0n) is 13.4. The molecule has 0 fully saturated rings. The number of ether oxygens (including phenoxy) is 1. The van der Waals surface area contributed by atoms with Crippen LogP contribution in [0.25, 0.3) is 22.2 Å². The molecule has 4 rings (SSSR count). The monoisotopic (exact) mass is 350 g/mol. The maximum absolute atomic E-state index is 12.4. The minimum Gasteiger partial charge on any atom is -0.493 e. The molecule has 25 heavy (non-hydrogen) atoms. The highest BCUT2D eigenvalue weighted by Crippen LogP contribution is 2.29. The van der Waals surface area contributed by atoms with Gasteiger partial charge in [0.2, 0.25) is 0 Å². The van der Waals surface area contributed by atoms with Crippen molar-refractivity contribution in [1.82, 2.24) is 4.98 Å². The molecule has 0 spiro atoms. The molecule has 0 saturated carbocycles. The van der Waals surface area contributed by atoms with E-state index in [4.69, 9.17) is 9.15 Å². The molecule has 0 unspecified atom stereocenters. The Labute approximate surface area is 147 Å². The van der Waals surface area contributed by atoms with Crippen molar-refractivity contribution >= 4 is 33.1 Å². The van der Waals surface area contributed by atoms with Crippen molar-refractivity contribution in [3.8, 4) is 17.0 Å². The third-order valence-electron chi connectivity index (χ3n) is 3.75. The second kappa shape index (κ2) is 6.41. The zero-order chi connectivity index (χ0) is 17.2. The van der Waals surface area contributed by atoms with Crippen molar-refractivity contribution < 1.29 is 9.15 Å². The van der Waals surface area contributed by atoms with Crippen LogP contribution in [0, 0.1) is 0 Å². The molecule has 0 aliphatic rings. The van der Waals surface area contributed by atoms with Crippen LogP contribution in [-0.2, 0) is 0 Å². The summed E-state index contributed by atoms with van der Waals surface area (Å²) in [6, 6.07) is 17.0. The van der Waals surface area contributed by atoms with Crippen molar-refractivity contribution in [2.45, 2.75) is 0 Å². The van der Waals surface area contributed by atoms with Crippen molar-refractivity contribution in [3.05, 3.63) is 70.4 Å². The smallest absolute Gasteiger partial charge is 0.345 e. The third-order valence-corrected chi connectivity index (χ3v) is 4.51. The number of hydrogen-bond acceptors (Lipinski definition) is 6. The Bertz CT molecular complexity index is 1090. The summed E-state index contributed by atoms with van der Waals surface area (Å²) in [5, 5.41) is 6.57. The Morgan fingerprint density at radius 1 is 1.12 bits per heavy atom. The average Bonchev–Trinajstić information content (AvgIpc) is 3.09. The van der Waals surface area contributed by atoms with Crippen molar-refractivity contribution in [2.75, 3.05) is 12.4 Å². The number of fused-ring (bicyclic) bond motifs is 1. The minimum atomic E-state index is -0.437. The van der Waals surface area contributed by atoms with Crippen LogP contribution in [0.3, 0.4) is 0 Å². The number of rotatable bonds is 4. The summed E-state index contributed by atoms with van der Waals surface area (Å²) in [6.45, 7) is 0. The Hall–Kier alpha value is -3.12. The number of nitrogens with zero attached hydrogens (tertiary/aromatic N) is 1. The van der Waals surface area contributed by atoms with Gasteiger partial charge in [-0.3, -0.25) is 0 Å². The quantitative estimate of drug-likeness (QED) is 0.542. The third kappa shape index (κ3) is 2.99. The van der Waals surface area contributed by atoms with E-state index >= 15 is 0 Å². The number of aromatic nitrogens is 1. The van der Waals surface area contributed by atoms with Gasteiger partial charge in [-0.25, -0.2) is 9.78 Å². The number of benzene rings is 2. The summed E-state index contributed by atoms with van der Waals surface area (Å²) in [6.07, 6.45) is 0. The predicted molar refractivity (Wildman–Crippen MR) is 99.9 cm³/mol. The lowest BCUT2D eigenvalue weighted by Crippen LogP contribution is -2.03. The van der Waals surface area contributed by atoms with Crippen LogP contribution in [0.15, 0.2) is 69.2 Å². The van der Waals surface area contributed by atoms with Crippen LogP contribution in [-0.4, -0.2) is 12.1 Å². The van der Waals surface area contributed by atoms with Gasteiger partial charge in [0.25, 0.3) is 0 Å². The molecule has 2 aromatic carbocycles. The molecule has 124 valence electrons. The lowest BCUT2D eigenvalue weighted by molar-refractivity contribution is 0.407. The van der Waals surface area contributed by atoms with E-state index in [1.165, 1.54) is 11.3 Å². The highest BCUT2D eigenvalue weighted by atomic mass is 32.1. The zero-order valence-corrected chi connectivity index (χ0v) is 14.2. The van der Waals surface area contributed by atoms with Crippen molar-refractivity contribution in [3.63, 3.8) is 0 Å². The summed E-state index contributed by atoms with van der Waals surface area (Å²) < 4.78 is 10.7. The summed E-state index contributed by atoms with van der Waals surface area (Å²) in [7, 11) is 1.55. The SMILES string of the molecule is COc1cccc2cc(-c3csc(Nc4ccccc4)n3)c(=O)oc12. The van der Waals surface area contributed by atoms with Crippen LogP contribution >= 0.6 is 11.3 Å². The second-order valence-electron chi connectivity index (χ2n) is 5.36. The van der Waals surface area contributed by atoms with Gasteiger partial charge in [-0.05, 0) is 24.3 Å². The van der Waals surface area contributed by atoms with Gasteiger partial charge in [-0.1, -0.05) is 30.3 Å². The van der Waals surface area contributed by atoms with Gasteiger partial charge < -0.3 is 14.5 Å². The van der Waals surface area contributed by atoms with Gasteiger partial charge in [-0.2, -0.15) is 0 Å². The Kier molecular flexibility index (Phi) is 3.95. The largest absolute Gasteiger partial charge is 0.493 e. The van der Waals surface area contributed by atoms with Gasteiger partial charge in [-0.15, -0.1) is 11.3 Å². The first-order valence-corrected chi connectivity index (χ1v) is 8.51. The van der Waals surface area contributed by atoms with Crippen molar-refractivity contribution in [2.24, 2.45) is 0 Å². The van der Waals surface area contributed by atoms with Crippen molar-refractivity contribution in [1.29, 1.82) is 0 Å². The van der Waals surface area contributed by atoms with Crippen LogP contribution in [0.1, 0.15) is 0 Å². The maximum atomic E-state index is 12.4. The standard InChI is InChI=1S/C19H14N2O3S/c1-23-16-9-5-6-12-10-14(18(22)24-17(12)16)15-11-25-19(21-15)20-13-7-3-2-4-8-13/h2-11H,1H3,(H,20,21). The van der Waals surface area contributed by atoms with E-state index in [-0.39, 0.29) is 0 Å². The number of hydrogen-bond donors (Lipinski definition) is 1. The first-order chi connectivity index (χ1) is 12.2. The minimum absolute atomic E-state index is 0.429. The Balaban J connectivity index is 1.73. The normalized spacial score (nSPS) is 10.8. The topological polar surface area (TPSA) is 64.4 Å². The van der Waals surface area contributed by atoms with E-state index in [0.29, 0.717) is 27.7 Å². The second-order valence-corrected chi connectivity index (χ2v) is 6.21. The lowest BCUT2D eigenvalue weighted by Gasteiger charge is -2.04. The van der Waals surface area contributed by atoms with E-state index in [0.717, 1.165) is 11.1 Å². The van der Waals surface area contributed by atoms with Crippen LogP contribution in [0.2, 0.25) is 0 Å². The van der Waals surface area contributed by atoms with Gasteiger partial charge in [0.15, 0.2) is 16.5 Å². The molecular formula is C19H14N2O3S. The van der Waals surface area contributed by atoms with E-state index in [1.807, 2.05) is 47.8 Å². The Morgan fingerprint density at radius 3 is 2.76 bits per heavy atom. The molecular weight excluding hydrogens is 336 g/mol. The molecule has 0 amide bonds. The lowest BCUT2D eigenvalue weighted by atomic mass is 10.1.